The molecule has 2 heteroatoms. The van der Waals surface area contributed by atoms with Crippen LogP contribution in [0.1, 0.15) is 63.2 Å². The van der Waals surface area contributed by atoms with Crippen LogP contribution < -0.4 is 4.57 Å². The highest BCUT2D eigenvalue weighted by Gasteiger charge is 2.17. The molecule has 1 unspecified atom stereocenters. The van der Waals surface area contributed by atoms with Crippen molar-refractivity contribution in [3.63, 3.8) is 0 Å². The number of ether oxygens (including phenoxy) is 1. The molecule has 0 aliphatic carbocycles. The molecule has 1 aromatic carbocycles. The fraction of sp³-hybridized carbons (Fsp3) is 0.476. The normalized spacial score (nSPS) is 12.5. The molecule has 0 amide bonds. The molecule has 0 bridgehead atoms. The molecule has 124 valence electrons. The molecule has 0 N–H and O–H groups in total. The van der Waals surface area contributed by atoms with Crippen LogP contribution in [0.4, 0.5) is 0 Å². The lowest BCUT2D eigenvalue weighted by atomic mass is 10.00. The van der Waals surface area contributed by atoms with Crippen molar-refractivity contribution in [1.82, 2.24) is 0 Å². The Balaban J connectivity index is 2.08. The van der Waals surface area contributed by atoms with Crippen molar-refractivity contribution in [2.45, 2.75) is 58.6 Å². The van der Waals surface area contributed by atoms with E-state index in [-0.39, 0.29) is 6.10 Å². The monoisotopic (exact) mass is 312 g/mol. The Morgan fingerprint density at radius 1 is 0.913 bits per heavy atom. The van der Waals surface area contributed by atoms with Crippen molar-refractivity contribution < 1.29 is 9.30 Å². The van der Waals surface area contributed by atoms with Crippen molar-refractivity contribution in [3.05, 3.63) is 66.0 Å². The first kappa shape index (κ1) is 17.7. The maximum absolute atomic E-state index is 6.21. The molecule has 2 nitrogen and oxygen atoms in total. The second kappa shape index (κ2) is 9.46. The molecule has 0 aliphatic rings. The fourth-order valence-corrected chi connectivity index (χ4v) is 2.68. The van der Waals surface area contributed by atoms with Gasteiger partial charge in [-0.3, -0.25) is 0 Å². The number of unbranched alkanes of at least 4 members (excludes halogenated alkanes) is 2. The highest BCUT2D eigenvalue weighted by molar-refractivity contribution is 5.26. The van der Waals surface area contributed by atoms with E-state index in [4.69, 9.17) is 4.74 Å². The van der Waals surface area contributed by atoms with Crippen LogP contribution in [0.15, 0.2) is 54.9 Å². The molecule has 0 fully saturated rings. The minimum absolute atomic E-state index is 0.112. The summed E-state index contributed by atoms with van der Waals surface area (Å²) in [4.78, 5) is 0. The zero-order valence-corrected chi connectivity index (χ0v) is 14.7. The first-order valence-corrected chi connectivity index (χ1v) is 8.86. The molecule has 1 heterocycles. The Hall–Kier alpha value is -1.67. The van der Waals surface area contributed by atoms with Gasteiger partial charge in [0.25, 0.3) is 0 Å². The average molecular weight is 312 g/mol. The van der Waals surface area contributed by atoms with Gasteiger partial charge in [0.2, 0.25) is 0 Å². The zero-order valence-electron chi connectivity index (χ0n) is 14.7. The third-order valence-corrected chi connectivity index (χ3v) is 4.20. The van der Waals surface area contributed by atoms with Gasteiger partial charge in [-0.1, -0.05) is 63.9 Å². The number of benzene rings is 1. The molecule has 0 saturated heterocycles. The standard InChI is InChI=1S/C21H30NO/c1-4-5-9-16-23-21(17-22-14-7-6-8-15-22)20-12-10-19(11-13-20)18(2)3/h6-8,10-15,18,21H,4-5,9,16-17H2,1-3H3/q+1. The number of pyridine rings is 1. The van der Waals surface area contributed by atoms with Gasteiger partial charge in [0.15, 0.2) is 18.9 Å². The van der Waals surface area contributed by atoms with Crippen molar-refractivity contribution in [1.29, 1.82) is 0 Å². The third kappa shape index (κ3) is 5.80. The maximum atomic E-state index is 6.21. The van der Waals surface area contributed by atoms with Crippen LogP contribution in [0.2, 0.25) is 0 Å². The Morgan fingerprint density at radius 3 is 2.17 bits per heavy atom. The molecule has 0 aliphatic heterocycles. The molecule has 0 saturated carbocycles. The van der Waals surface area contributed by atoms with Crippen LogP contribution in [0.5, 0.6) is 0 Å². The lowest BCUT2D eigenvalue weighted by molar-refractivity contribution is -0.705. The Bertz CT molecular complexity index is 548. The van der Waals surface area contributed by atoms with Gasteiger partial charge in [-0.25, -0.2) is 4.57 Å². The van der Waals surface area contributed by atoms with E-state index >= 15 is 0 Å². The van der Waals surface area contributed by atoms with E-state index in [1.165, 1.54) is 24.0 Å². The average Bonchev–Trinajstić information content (AvgIpc) is 2.58. The van der Waals surface area contributed by atoms with Crippen LogP contribution in [0, 0.1) is 0 Å². The summed E-state index contributed by atoms with van der Waals surface area (Å²) in [7, 11) is 0. The summed E-state index contributed by atoms with van der Waals surface area (Å²) < 4.78 is 8.41. The summed E-state index contributed by atoms with van der Waals surface area (Å²) in [6.07, 6.45) is 7.91. The van der Waals surface area contributed by atoms with E-state index in [2.05, 4.69) is 74.1 Å². The van der Waals surface area contributed by atoms with E-state index in [0.29, 0.717) is 5.92 Å². The van der Waals surface area contributed by atoms with Gasteiger partial charge in [-0.15, -0.1) is 0 Å². The summed E-state index contributed by atoms with van der Waals surface area (Å²) in [6, 6.07) is 15.1. The molecule has 23 heavy (non-hydrogen) atoms. The van der Waals surface area contributed by atoms with Gasteiger partial charge in [0.05, 0.1) is 0 Å². The second-order valence-corrected chi connectivity index (χ2v) is 6.46. The quantitative estimate of drug-likeness (QED) is 0.467. The van der Waals surface area contributed by atoms with Crippen LogP contribution in [0.25, 0.3) is 0 Å². The van der Waals surface area contributed by atoms with Crippen LogP contribution in [0.3, 0.4) is 0 Å². The van der Waals surface area contributed by atoms with Gasteiger partial charge in [-0.05, 0) is 23.5 Å². The van der Waals surface area contributed by atoms with Gasteiger partial charge < -0.3 is 4.74 Å². The van der Waals surface area contributed by atoms with Crippen LogP contribution in [-0.4, -0.2) is 6.61 Å². The minimum Gasteiger partial charge on any atom is -0.367 e. The maximum Gasteiger partial charge on any atom is 0.178 e. The predicted octanol–water partition coefficient (Wildman–Crippen LogP) is 5.05. The molecule has 1 aromatic heterocycles. The summed E-state index contributed by atoms with van der Waals surface area (Å²) in [5, 5.41) is 0. The Labute approximate surface area is 141 Å². The third-order valence-electron chi connectivity index (χ3n) is 4.20. The van der Waals surface area contributed by atoms with E-state index in [9.17, 15) is 0 Å². The molecule has 2 rings (SSSR count). The number of hydrogen-bond donors (Lipinski definition) is 0. The minimum atomic E-state index is 0.112. The van der Waals surface area contributed by atoms with Gasteiger partial charge >= 0.3 is 0 Å². The van der Waals surface area contributed by atoms with Crippen LogP contribution in [-0.2, 0) is 11.3 Å². The molecule has 0 spiro atoms. The topological polar surface area (TPSA) is 13.1 Å². The smallest absolute Gasteiger partial charge is 0.178 e. The summed E-state index contributed by atoms with van der Waals surface area (Å²) in [6.45, 7) is 8.37. The zero-order chi connectivity index (χ0) is 16.5. The predicted molar refractivity (Wildman–Crippen MR) is 95.4 cm³/mol. The highest BCUT2D eigenvalue weighted by atomic mass is 16.5. The van der Waals surface area contributed by atoms with Gasteiger partial charge in [-0.2, -0.15) is 0 Å². The summed E-state index contributed by atoms with van der Waals surface area (Å²) in [5.74, 6) is 0.566. The molecule has 1 atom stereocenters. The Kier molecular flexibility index (Phi) is 7.28. The molecule has 2 aromatic rings. The van der Waals surface area contributed by atoms with Crippen LogP contribution >= 0.6 is 0 Å². The molecule has 0 radical (unpaired) electrons. The van der Waals surface area contributed by atoms with E-state index in [1.54, 1.807) is 0 Å². The molecular weight excluding hydrogens is 282 g/mol. The van der Waals surface area contributed by atoms with Gasteiger partial charge in [0, 0.05) is 18.7 Å². The number of aromatic nitrogens is 1. The number of hydrogen-bond acceptors (Lipinski definition) is 1. The van der Waals surface area contributed by atoms with Crippen molar-refractivity contribution in [2.75, 3.05) is 6.61 Å². The van der Waals surface area contributed by atoms with Crippen molar-refractivity contribution in [3.8, 4) is 0 Å². The van der Waals surface area contributed by atoms with E-state index in [1.807, 2.05) is 6.07 Å². The van der Waals surface area contributed by atoms with E-state index < -0.39 is 0 Å². The largest absolute Gasteiger partial charge is 0.367 e. The highest BCUT2D eigenvalue weighted by Crippen LogP contribution is 2.22. The first-order valence-electron chi connectivity index (χ1n) is 8.86. The Morgan fingerprint density at radius 2 is 1.57 bits per heavy atom. The van der Waals surface area contributed by atoms with Crippen molar-refractivity contribution in [2.24, 2.45) is 0 Å². The molecular formula is C21H30NO+. The lowest BCUT2D eigenvalue weighted by Gasteiger charge is -2.17. The lowest BCUT2D eigenvalue weighted by Crippen LogP contribution is -2.36. The number of nitrogens with zero attached hydrogens (tertiary/aromatic N) is 1. The first-order chi connectivity index (χ1) is 11.2. The summed E-state index contributed by atoms with van der Waals surface area (Å²) >= 11 is 0. The SMILES string of the molecule is CCCCCOC(C[n+]1ccccc1)c1ccc(C(C)C)cc1. The number of rotatable bonds is 9. The second-order valence-electron chi connectivity index (χ2n) is 6.46. The fourth-order valence-electron chi connectivity index (χ4n) is 2.68. The summed E-state index contributed by atoms with van der Waals surface area (Å²) in [5.41, 5.74) is 2.65. The van der Waals surface area contributed by atoms with E-state index in [0.717, 1.165) is 19.6 Å². The van der Waals surface area contributed by atoms with Gasteiger partial charge in [0.1, 0.15) is 6.10 Å². The van der Waals surface area contributed by atoms with Crippen molar-refractivity contribution >= 4 is 0 Å².